The second-order valence-corrected chi connectivity index (χ2v) is 9.00. The number of carbonyl (C=O) groups excluding carboxylic acids is 1. The smallest absolute Gasteiger partial charge is 0.321 e. The summed E-state index contributed by atoms with van der Waals surface area (Å²) in [5, 5.41) is 6.03. The number of halogens is 2. The average Bonchev–Trinajstić information content (AvgIpc) is 3.20. The third kappa shape index (κ3) is 5.73. The average molecular weight is 476 g/mol. The molecule has 1 aromatic carbocycles. The molecule has 0 saturated carbocycles. The molecule has 33 heavy (non-hydrogen) atoms. The second kappa shape index (κ2) is 10.4. The van der Waals surface area contributed by atoms with Gasteiger partial charge in [0.1, 0.15) is 16.2 Å². The Morgan fingerprint density at radius 2 is 1.94 bits per heavy atom. The highest BCUT2D eigenvalue weighted by Gasteiger charge is 2.16. The molecule has 0 unspecified atom stereocenters. The van der Waals surface area contributed by atoms with Crippen molar-refractivity contribution in [1.82, 2.24) is 25.1 Å². The minimum Gasteiger partial charge on any atom is -0.338 e. The number of aromatic nitrogens is 2. The molecule has 2 amide bonds. The van der Waals surface area contributed by atoms with Crippen LogP contribution in [0.3, 0.4) is 0 Å². The van der Waals surface area contributed by atoms with Crippen molar-refractivity contribution in [1.29, 1.82) is 0 Å². The predicted octanol–water partition coefficient (Wildman–Crippen LogP) is 3.50. The maximum absolute atomic E-state index is 14.1. The molecule has 1 aliphatic heterocycles. The van der Waals surface area contributed by atoms with Crippen molar-refractivity contribution in [2.24, 2.45) is 0 Å². The van der Waals surface area contributed by atoms with Crippen LogP contribution in [0.1, 0.15) is 6.42 Å². The summed E-state index contributed by atoms with van der Waals surface area (Å²) in [7, 11) is 3.74. The Hall–Kier alpha value is -2.89. The highest BCUT2D eigenvalue weighted by molar-refractivity contribution is 7.22. The van der Waals surface area contributed by atoms with E-state index in [1.807, 2.05) is 0 Å². The van der Waals surface area contributed by atoms with Crippen molar-refractivity contribution in [3.8, 4) is 0 Å². The van der Waals surface area contributed by atoms with Crippen molar-refractivity contribution in [3.05, 3.63) is 42.0 Å². The van der Waals surface area contributed by atoms with Gasteiger partial charge in [0, 0.05) is 39.8 Å². The van der Waals surface area contributed by atoms with E-state index >= 15 is 0 Å². The number of anilines is 3. The highest BCUT2D eigenvalue weighted by atomic mass is 32.1. The number of nitrogens with zero attached hydrogens (tertiary/aromatic N) is 5. The molecule has 176 valence electrons. The van der Waals surface area contributed by atoms with Crippen molar-refractivity contribution >= 4 is 44.4 Å². The Morgan fingerprint density at radius 3 is 2.73 bits per heavy atom. The second-order valence-electron chi connectivity index (χ2n) is 8.02. The van der Waals surface area contributed by atoms with Crippen LogP contribution in [0.25, 0.3) is 10.3 Å². The lowest BCUT2D eigenvalue weighted by Crippen LogP contribution is -2.45. The van der Waals surface area contributed by atoms with Crippen LogP contribution in [0.5, 0.6) is 0 Å². The van der Waals surface area contributed by atoms with Gasteiger partial charge in [-0.25, -0.2) is 23.5 Å². The fourth-order valence-electron chi connectivity index (χ4n) is 3.64. The van der Waals surface area contributed by atoms with Crippen LogP contribution in [0.4, 0.5) is 30.2 Å². The van der Waals surface area contributed by atoms with Gasteiger partial charge in [-0.15, -0.1) is 0 Å². The van der Waals surface area contributed by atoms with E-state index in [4.69, 9.17) is 0 Å². The molecule has 0 atom stereocenters. The minimum absolute atomic E-state index is 0.0839. The van der Waals surface area contributed by atoms with Gasteiger partial charge in [0.05, 0.1) is 5.69 Å². The molecule has 4 rings (SSSR count). The van der Waals surface area contributed by atoms with E-state index in [1.54, 1.807) is 19.2 Å². The van der Waals surface area contributed by atoms with E-state index in [9.17, 15) is 13.6 Å². The van der Waals surface area contributed by atoms with E-state index in [1.165, 1.54) is 28.4 Å². The summed E-state index contributed by atoms with van der Waals surface area (Å²) < 4.78 is 27.7. The number of urea groups is 1. The summed E-state index contributed by atoms with van der Waals surface area (Å²) >= 11 is 1.22. The van der Waals surface area contributed by atoms with Crippen LogP contribution >= 0.6 is 11.3 Å². The van der Waals surface area contributed by atoms with Crippen molar-refractivity contribution in [2.75, 3.05) is 63.6 Å². The summed E-state index contributed by atoms with van der Waals surface area (Å²) in [5.41, 5.74) is 0.697. The maximum atomic E-state index is 14.1. The topological polar surface area (TPSA) is 76.6 Å². The molecule has 8 nitrogen and oxygen atoms in total. The zero-order chi connectivity index (χ0) is 23.4. The quantitative estimate of drug-likeness (QED) is 0.510. The van der Waals surface area contributed by atoms with Crippen LogP contribution in [-0.4, -0.2) is 79.2 Å². The number of thiazole rings is 1. The van der Waals surface area contributed by atoms with Crippen LogP contribution in [0.15, 0.2) is 30.3 Å². The third-order valence-electron chi connectivity index (χ3n) is 5.63. The number of likely N-dealkylation sites (N-methyl/N-ethyl adjacent to an activating group) is 1. The first-order valence-electron chi connectivity index (χ1n) is 10.8. The van der Waals surface area contributed by atoms with Gasteiger partial charge in [-0.1, -0.05) is 17.4 Å². The highest BCUT2D eigenvalue weighted by Crippen LogP contribution is 2.30. The first kappa shape index (κ1) is 23.3. The number of hydrogen-bond donors (Lipinski definition) is 2. The number of amides is 2. The third-order valence-corrected chi connectivity index (χ3v) is 6.51. The molecular weight excluding hydrogens is 448 g/mol. The molecule has 3 aromatic rings. The Labute approximate surface area is 195 Å². The fourth-order valence-corrected chi connectivity index (χ4v) is 4.47. The normalized spacial score (nSPS) is 15.0. The maximum Gasteiger partial charge on any atom is 0.321 e. The summed E-state index contributed by atoms with van der Waals surface area (Å²) in [6.45, 7) is 5.81. The molecule has 0 aliphatic carbocycles. The lowest BCUT2D eigenvalue weighted by Gasteiger charge is -2.32. The van der Waals surface area contributed by atoms with E-state index in [2.05, 4.69) is 37.4 Å². The Kier molecular flexibility index (Phi) is 7.31. The summed E-state index contributed by atoms with van der Waals surface area (Å²) in [6.07, 6.45) is 0.880. The molecule has 11 heteroatoms. The summed E-state index contributed by atoms with van der Waals surface area (Å²) in [4.78, 5) is 27.9. The van der Waals surface area contributed by atoms with Gasteiger partial charge in [-0.2, -0.15) is 0 Å². The molecule has 2 N–H and O–H groups in total. The number of fused-ring (bicyclic) bond motifs is 1. The van der Waals surface area contributed by atoms with Gasteiger partial charge in [0.25, 0.3) is 0 Å². The first-order chi connectivity index (χ1) is 15.9. The van der Waals surface area contributed by atoms with Crippen molar-refractivity contribution in [3.63, 3.8) is 0 Å². The molecule has 3 heterocycles. The summed E-state index contributed by atoms with van der Waals surface area (Å²) in [5.74, 6) is -1.41. The van der Waals surface area contributed by atoms with E-state index in [0.29, 0.717) is 27.8 Å². The first-order valence-corrected chi connectivity index (χ1v) is 11.6. The number of hydrogen-bond acceptors (Lipinski definition) is 7. The predicted molar refractivity (Wildman–Crippen MR) is 127 cm³/mol. The number of pyridine rings is 1. The van der Waals surface area contributed by atoms with E-state index in [-0.39, 0.29) is 11.7 Å². The Morgan fingerprint density at radius 1 is 1.15 bits per heavy atom. The Balaban J connectivity index is 1.31. The van der Waals surface area contributed by atoms with E-state index in [0.717, 1.165) is 45.2 Å². The SMILES string of the molecule is CN1CCN(CCCNC(=O)Nc2nc3ccc(N(C)c4cccc(F)c4F)nc3s2)CC1. The molecule has 1 saturated heterocycles. The fraction of sp³-hybridized carbons (Fsp3) is 0.409. The van der Waals surface area contributed by atoms with E-state index < -0.39 is 11.6 Å². The molecule has 0 radical (unpaired) electrons. The van der Waals surface area contributed by atoms with Gasteiger partial charge in [-0.3, -0.25) is 5.32 Å². The molecule has 2 aromatic heterocycles. The Bertz CT molecular complexity index is 1120. The van der Waals surface area contributed by atoms with Gasteiger partial charge in [0.15, 0.2) is 16.8 Å². The van der Waals surface area contributed by atoms with Gasteiger partial charge >= 0.3 is 6.03 Å². The van der Waals surface area contributed by atoms with Crippen LogP contribution in [0, 0.1) is 11.6 Å². The van der Waals surface area contributed by atoms with Crippen LogP contribution < -0.4 is 15.5 Å². The lowest BCUT2D eigenvalue weighted by molar-refractivity contribution is 0.153. The molecule has 0 bridgehead atoms. The lowest BCUT2D eigenvalue weighted by atomic mass is 10.2. The molecule has 0 spiro atoms. The van der Waals surface area contributed by atoms with Crippen molar-refractivity contribution in [2.45, 2.75) is 6.42 Å². The summed E-state index contributed by atoms with van der Waals surface area (Å²) in [6, 6.07) is 7.10. The van der Waals surface area contributed by atoms with Gasteiger partial charge < -0.3 is 20.0 Å². The zero-order valence-corrected chi connectivity index (χ0v) is 19.5. The largest absolute Gasteiger partial charge is 0.338 e. The number of nitrogens with one attached hydrogen (secondary N) is 2. The number of rotatable bonds is 7. The minimum atomic E-state index is -0.933. The number of carbonyl (C=O) groups is 1. The van der Waals surface area contributed by atoms with Gasteiger partial charge in [0.2, 0.25) is 0 Å². The van der Waals surface area contributed by atoms with Crippen LogP contribution in [-0.2, 0) is 0 Å². The number of piperazine rings is 1. The van der Waals surface area contributed by atoms with Crippen molar-refractivity contribution < 1.29 is 13.6 Å². The number of benzene rings is 1. The van der Waals surface area contributed by atoms with Crippen LogP contribution in [0.2, 0.25) is 0 Å². The zero-order valence-electron chi connectivity index (χ0n) is 18.6. The monoisotopic (exact) mass is 475 g/mol. The standard InChI is InChI=1S/C22H27F2N7OS/c1-29-11-13-31(14-12-29)10-4-9-25-21(32)28-22-26-16-7-8-18(27-20(16)33-22)30(2)17-6-3-5-15(23)19(17)24/h3,5-8H,4,9-14H2,1-2H3,(H2,25,26,28,32). The molecular formula is C22H27F2N7OS. The molecule has 1 aliphatic rings. The molecule has 1 fully saturated rings. The van der Waals surface area contributed by atoms with Gasteiger partial charge in [-0.05, 0) is 44.3 Å².